The molecule has 2 aromatic carbocycles. The average molecular weight is 480 g/mol. The fraction of sp³-hybridized carbons (Fsp3) is 0.250. The lowest BCUT2D eigenvalue weighted by Crippen LogP contribution is -2.30. The molecule has 4 aromatic rings. The second-order valence-corrected chi connectivity index (χ2v) is 9.63. The van der Waals surface area contributed by atoms with Gasteiger partial charge in [0.1, 0.15) is 5.39 Å². The third-order valence-electron chi connectivity index (χ3n) is 5.93. The maximum Gasteiger partial charge on any atom is 0.265 e. The smallest absolute Gasteiger partial charge is 0.265 e. The quantitative estimate of drug-likeness (QED) is 0.434. The minimum absolute atomic E-state index is 0.110. The molecule has 7 nitrogen and oxygen atoms in total. The van der Waals surface area contributed by atoms with E-state index in [0.29, 0.717) is 33.5 Å². The maximum absolute atomic E-state index is 13.3. The normalized spacial score (nSPS) is 15.1. The molecule has 1 atom stereocenters. The third-order valence-corrected chi connectivity index (χ3v) is 7.28. The van der Waals surface area contributed by atoms with Crippen LogP contribution in [0, 0.1) is 13.8 Å². The molecule has 33 heavy (non-hydrogen) atoms. The summed E-state index contributed by atoms with van der Waals surface area (Å²) in [4.78, 5) is 30.6. The van der Waals surface area contributed by atoms with Crippen LogP contribution >= 0.6 is 23.4 Å². The van der Waals surface area contributed by atoms with Gasteiger partial charge in [-0.3, -0.25) is 14.2 Å². The third kappa shape index (κ3) is 4.16. The topological polar surface area (TPSA) is 81.8 Å². The van der Waals surface area contributed by atoms with Crippen LogP contribution < -0.4 is 10.9 Å². The van der Waals surface area contributed by atoms with Crippen molar-refractivity contribution in [1.82, 2.24) is 24.6 Å². The molecular formula is C24H22ClN5O2S. The molecule has 1 aliphatic heterocycles. The van der Waals surface area contributed by atoms with Gasteiger partial charge in [-0.25, -0.2) is 9.67 Å². The van der Waals surface area contributed by atoms with Crippen molar-refractivity contribution in [2.75, 3.05) is 5.75 Å². The van der Waals surface area contributed by atoms with Gasteiger partial charge in [0.25, 0.3) is 5.56 Å². The summed E-state index contributed by atoms with van der Waals surface area (Å²) in [6.45, 7) is 4.51. The van der Waals surface area contributed by atoms with Crippen LogP contribution in [0.3, 0.4) is 0 Å². The van der Waals surface area contributed by atoms with Crippen LogP contribution in [0.5, 0.6) is 0 Å². The molecule has 0 bridgehead atoms. The van der Waals surface area contributed by atoms with E-state index in [2.05, 4.69) is 17.3 Å². The Morgan fingerprint density at radius 2 is 1.97 bits per heavy atom. The zero-order valence-corrected chi connectivity index (χ0v) is 19.8. The molecule has 2 aromatic heterocycles. The van der Waals surface area contributed by atoms with Crippen LogP contribution in [0.2, 0.25) is 5.02 Å². The number of aromatic nitrogens is 4. The first-order chi connectivity index (χ1) is 15.9. The number of thioether (sulfide) groups is 1. The summed E-state index contributed by atoms with van der Waals surface area (Å²) in [5, 5.41) is 9.09. The van der Waals surface area contributed by atoms with E-state index in [0.717, 1.165) is 16.8 Å². The van der Waals surface area contributed by atoms with Crippen molar-refractivity contribution in [2.24, 2.45) is 0 Å². The first-order valence-electron chi connectivity index (χ1n) is 10.6. The summed E-state index contributed by atoms with van der Waals surface area (Å²) < 4.78 is 3.35. The lowest BCUT2D eigenvalue weighted by molar-refractivity contribution is -0.121. The van der Waals surface area contributed by atoms with E-state index >= 15 is 0 Å². The molecule has 0 aliphatic carbocycles. The molecule has 5 rings (SSSR count). The number of nitrogens with zero attached hydrogens (tertiary/aromatic N) is 4. The first-order valence-corrected chi connectivity index (χ1v) is 12.0. The molecule has 1 unspecified atom stereocenters. The molecule has 0 fully saturated rings. The van der Waals surface area contributed by atoms with E-state index < -0.39 is 0 Å². The van der Waals surface area contributed by atoms with Crippen molar-refractivity contribution in [3.8, 4) is 5.69 Å². The second-order valence-electron chi connectivity index (χ2n) is 8.20. The minimum atomic E-state index is -0.246. The standard InChI is InChI=1S/C24H22ClN5O2S/c1-14-3-8-18(9-15(14)2)30-22-20(12-27-30)23(32)29-19(13-33-24(29)28-22)10-21(31)26-11-16-4-6-17(25)7-5-16/h3-9,12,19H,10-11,13H2,1-2H3,(H,26,31). The molecule has 3 heterocycles. The van der Waals surface area contributed by atoms with Gasteiger partial charge in [-0.15, -0.1) is 0 Å². The molecule has 1 aliphatic rings. The SMILES string of the molecule is Cc1ccc(-n2ncc3c(=O)n4c(nc32)SCC4CC(=O)NCc2ccc(Cl)cc2)cc1C. The Morgan fingerprint density at radius 3 is 2.73 bits per heavy atom. The van der Waals surface area contributed by atoms with Gasteiger partial charge >= 0.3 is 0 Å². The predicted octanol–water partition coefficient (Wildman–Crippen LogP) is 4.21. The van der Waals surface area contributed by atoms with Crippen LogP contribution in [0.1, 0.15) is 29.2 Å². The van der Waals surface area contributed by atoms with Gasteiger partial charge in [-0.2, -0.15) is 5.10 Å². The van der Waals surface area contributed by atoms with Crippen molar-refractivity contribution in [3.05, 3.63) is 80.7 Å². The number of rotatable bonds is 5. The Morgan fingerprint density at radius 1 is 1.18 bits per heavy atom. The Hall–Kier alpha value is -3.10. The van der Waals surface area contributed by atoms with Gasteiger partial charge in [-0.1, -0.05) is 41.6 Å². The lowest BCUT2D eigenvalue weighted by atomic mass is 10.1. The Kier molecular flexibility index (Phi) is 5.72. The van der Waals surface area contributed by atoms with E-state index in [4.69, 9.17) is 16.6 Å². The highest BCUT2D eigenvalue weighted by atomic mass is 35.5. The predicted molar refractivity (Wildman–Crippen MR) is 130 cm³/mol. The summed E-state index contributed by atoms with van der Waals surface area (Å²) in [7, 11) is 0. The van der Waals surface area contributed by atoms with Gasteiger partial charge in [0.15, 0.2) is 10.8 Å². The Bertz CT molecular complexity index is 1430. The molecule has 168 valence electrons. The fourth-order valence-corrected chi connectivity index (χ4v) is 5.17. The first kappa shape index (κ1) is 21.7. The molecule has 1 amide bonds. The highest BCUT2D eigenvalue weighted by molar-refractivity contribution is 7.99. The summed E-state index contributed by atoms with van der Waals surface area (Å²) >= 11 is 7.40. The summed E-state index contributed by atoms with van der Waals surface area (Å²) in [6.07, 6.45) is 1.78. The summed E-state index contributed by atoms with van der Waals surface area (Å²) in [5.74, 6) is 0.515. The van der Waals surface area contributed by atoms with Crippen molar-refractivity contribution in [2.45, 2.75) is 38.0 Å². The fourth-order valence-electron chi connectivity index (χ4n) is 3.92. The number of carbonyl (C=O) groups is 1. The number of carbonyl (C=O) groups excluding carboxylic acids is 1. The monoisotopic (exact) mass is 479 g/mol. The number of hydrogen-bond donors (Lipinski definition) is 1. The van der Waals surface area contributed by atoms with Crippen molar-refractivity contribution >= 4 is 40.3 Å². The molecule has 9 heteroatoms. The number of nitrogens with one attached hydrogen (secondary N) is 1. The van der Waals surface area contributed by atoms with E-state index in [-0.39, 0.29) is 23.9 Å². The summed E-state index contributed by atoms with van der Waals surface area (Å²) in [6, 6.07) is 13.1. The van der Waals surface area contributed by atoms with Crippen LogP contribution in [0.4, 0.5) is 0 Å². The van der Waals surface area contributed by atoms with E-state index in [1.54, 1.807) is 27.6 Å². The molecule has 0 radical (unpaired) electrons. The number of aryl methyl sites for hydroxylation is 2. The van der Waals surface area contributed by atoms with Gasteiger partial charge < -0.3 is 5.32 Å². The molecule has 1 N–H and O–H groups in total. The van der Waals surface area contributed by atoms with Crippen LogP contribution in [0.15, 0.2) is 58.6 Å². The van der Waals surface area contributed by atoms with E-state index in [1.807, 2.05) is 37.3 Å². The Balaban J connectivity index is 1.38. The van der Waals surface area contributed by atoms with Crippen LogP contribution in [-0.4, -0.2) is 31.0 Å². The number of fused-ring (bicyclic) bond motifs is 2. The Labute approximate surface area is 199 Å². The van der Waals surface area contributed by atoms with Crippen molar-refractivity contribution in [3.63, 3.8) is 0 Å². The number of amides is 1. The van der Waals surface area contributed by atoms with Gasteiger partial charge in [-0.05, 0) is 54.8 Å². The molecule has 0 saturated heterocycles. The largest absolute Gasteiger partial charge is 0.352 e. The number of benzene rings is 2. The number of hydrogen-bond acceptors (Lipinski definition) is 5. The highest BCUT2D eigenvalue weighted by Gasteiger charge is 2.29. The highest BCUT2D eigenvalue weighted by Crippen LogP contribution is 2.33. The van der Waals surface area contributed by atoms with Gasteiger partial charge in [0, 0.05) is 23.7 Å². The van der Waals surface area contributed by atoms with Gasteiger partial charge in [0.2, 0.25) is 5.91 Å². The van der Waals surface area contributed by atoms with E-state index in [9.17, 15) is 9.59 Å². The average Bonchev–Trinajstić information content (AvgIpc) is 3.40. The van der Waals surface area contributed by atoms with Crippen molar-refractivity contribution < 1.29 is 4.79 Å². The second kappa shape index (κ2) is 8.68. The molecule has 0 spiro atoms. The molecular weight excluding hydrogens is 458 g/mol. The molecule has 0 saturated carbocycles. The van der Waals surface area contributed by atoms with Crippen LogP contribution in [0.25, 0.3) is 16.7 Å². The van der Waals surface area contributed by atoms with Gasteiger partial charge in [0.05, 0.1) is 17.9 Å². The lowest BCUT2D eigenvalue weighted by Gasteiger charge is -2.13. The maximum atomic E-state index is 13.3. The van der Waals surface area contributed by atoms with Crippen LogP contribution in [-0.2, 0) is 11.3 Å². The summed E-state index contributed by atoms with van der Waals surface area (Å²) in [5.41, 5.74) is 4.55. The zero-order valence-electron chi connectivity index (χ0n) is 18.2. The van der Waals surface area contributed by atoms with Crippen molar-refractivity contribution in [1.29, 1.82) is 0 Å². The number of halogens is 1. The van der Waals surface area contributed by atoms with E-state index in [1.165, 1.54) is 17.3 Å². The minimum Gasteiger partial charge on any atom is -0.352 e. The zero-order chi connectivity index (χ0) is 23.1.